The molecule has 1 aliphatic heterocycles. The van der Waals surface area contributed by atoms with Gasteiger partial charge in [-0.05, 0) is 6.92 Å². The molecule has 5 atom stereocenters. The van der Waals surface area contributed by atoms with Gasteiger partial charge in [-0.1, -0.05) is 22.6 Å². The monoisotopic (exact) mass is 274 g/mol. The maximum atomic E-state index is 9.29. The maximum absolute atomic E-state index is 9.29. The number of halogens is 1. The molecule has 1 fully saturated rings. The Hall–Kier alpha value is 0.570. The minimum absolute atomic E-state index is 0.175. The molecule has 0 aromatic carbocycles. The van der Waals surface area contributed by atoms with Crippen molar-refractivity contribution < 1.29 is 20.1 Å². The first-order valence-corrected chi connectivity index (χ1v) is 4.62. The maximum Gasteiger partial charge on any atom is 0.183 e. The van der Waals surface area contributed by atoms with Crippen LogP contribution in [0.15, 0.2) is 0 Å². The second kappa shape index (κ2) is 3.53. The van der Waals surface area contributed by atoms with Crippen molar-refractivity contribution in [1.82, 2.24) is 0 Å². The van der Waals surface area contributed by atoms with Gasteiger partial charge in [0.05, 0.1) is 16.1 Å². The Kier molecular flexibility index (Phi) is 3.10. The molecule has 1 aliphatic rings. The van der Waals surface area contributed by atoms with E-state index in [1.165, 1.54) is 0 Å². The highest BCUT2D eigenvalue weighted by Crippen LogP contribution is 2.25. The molecule has 4 nitrogen and oxygen atoms in total. The Bertz CT molecular complexity index is 129. The summed E-state index contributed by atoms with van der Waals surface area (Å²) in [7, 11) is 0. The van der Waals surface area contributed by atoms with E-state index in [0.717, 1.165) is 0 Å². The third-order valence-corrected chi connectivity index (χ3v) is 3.52. The topological polar surface area (TPSA) is 69.9 Å². The highest BCUT2D eigenvalue weighted by molar-refractivity contribution is 14.1. The van der Waals surface area contributed by atoms with Crippen LogP contribution in [0, 0.1) is 0 Å². The summed E-state index contributed by atoms with van der Waals surface area (Å²) in [5.41, 5.74) is 0. The Morgan fingerprint density at radius 2 is 1.73 bits per heavy atom. The van der Waals surface area contributed by atoms with Gasteiger partial charge in [-0.3, -0.25) is 0 Å². The molecule has 0 radical (unpaired) electrons. The second-order valence-electron chi connectivity index (χ2n) is 2.66. The zero-order valence-corrected chi connectivity index (χ0v) is 8.17. The molecule has 0 aliphatic carbocycles. The number of hydrogen-bond donors (Lipinski definition) is 3. The molecule has 1 rings (SSSR count). The molecule has 0 amide bonds. The van der Waals surface area contributed by atoms with E-state index in [1.54, 1.807) is 6.92 Å². The van der Waals surface area contributed by atoms with E-state index < -0.39 is 18.5 Å². The Morgan fingerprint density at radius 3 is 2.27 bits per heavy atom. The smallest absolute Gasteiger partial charge is 0.183 e. The largest absolute Gasteiger partial charge is 0.389 e. The summed E-state index contributed by atoms with van der Waals surface area (Å²) in [5, 5.41) is 27.4. The molecule has 1 heterocycles. The molecule has 0 aromatic heterocycles. The van der Waals surface area contributed by atoms with Gasteiger partial charge < -0.3 is 20.1 Å². The van der Waals surface area contributed by atoms with Crippen molar-refractivity contribution in [3.63, 3.8) is 0 Å². The van der Waals surface area contributed by atoms with Crippen LogP contribution in [0.2, 0.25) is 0 Å². The third kappa shape index (κ3) is 1.83. The number of ether oxygens (including phenoxy) is 1. The Labute approximate surface area is 78.3 Å². The molecule has 0 aromatic rings. The van der Waals surface area contributed by atoms with Crippen LogP contribution in [0.4, 0.5) is 0 Å². The summed E-state index contributed by atoms with van der Waals surface area (Å²) < 4.78 is 4.74. The van der Waals surface area contributed by atoms with Crippen molar-refractivity contribution in [2.24, 2.45) is 0 Å². The van der Waals surface area contributed by atoms with E-state index in [1.807, 2.05) is 22.6 Å². The van der Waals surface area contributed by atoms with Crippen molar-refractivity contribution in [3.05, 3.63) is 0 Å². The van der Waals surface area contributed by atoms with E-state index in [9.17, 15) is 5.11 Å². The SMILES string of the molecule is C[C@@H]1O[C@@H](O)[C@@H](O)[C@H](O)[C@H]1I. The number of hydrogen-bond acceptors (Lipinski definition) is 4. The van der Waals surface area contributed by atoms with Crippen LogP contribution < -0.4 is 0 Å². The highest BCUT2D eigenvalue weighted by atomic mass is 127. The molecule has 0 spiro atoms. The molecule has 1 saturated heterocycles. The van der Waals surface area contributed by atoms with Crippen molar-refractivity contribution in [1.29, 1.82) is 0 Å². The fraction of sp³-hybridized carbons (Fsp3) is 1.00. The summed E-state index contributed by atoms with van der Waals surface area (Å²) >= 11 is 1.99. The fourth-order valence-corrected chi connectivity index (χ4v) is 1.61. The van der Waals surface area contributed by atoms with Crippen LogP contribution in [-0.4, -0.2) is 43.8 Å². The van der Waals surface area contributed by atoms with Gasteiger partial charge in [0.25, 0.3) is 0 Å². The van der Waals surface area contributed by atoms with Gasteiger partial charge in [-0.2, -0.15) is 0 Å². The molecular weight excluding hydrogens is 263 g/mol. The average molecular weight is 274 g/mol. The van der Waals surface area contributed by atoms with Crippen LogP contribution in [0.3, 0.4) is 0 Å². The van der Waals surface area contributed by atoms with Gasteiger partial charge >= 0.3 is 0 Å². The first-order valence-electron chi connectivity index (χ1n) is 3.37. The number of alkyl halides is 1. The lowest BCUT2D eigenvalue weighted by Crippen LogP contribution is -2.54. The second-order valence-corrected chi connectivity index (χ2v) is 4.10. The molecule has 0 unspecified atom stereocenters. The van der Waals surface area contributed by atoms with Gasteiger partial charge in [0, 0.05) is 0 Å². The van der Waals surface area contributed by atoms with Gasteiger partial charge in [0.2, 0.25) is 0 Å². The van der Waals surface area contributed by atoms with E-state index in [0.29, 0.717) is 0 Å². The van der Waals surface area contributed by atoms with Crippen molar-refractivity contribution in [2.75, 3.05) is 0 Å². The van der Waals surface area contributed by atoms with Crippen LogP contribution in [-0.2, 0) is 4.74 Å². The van der Waals surface area contributed by atoms with E-state index in [-0.39, 0.29) is 10.0 Å². The molecule has 3 N–H and O–H groups in total. The summed E-state index contributed by atoms with van der Waals surface area (Å²) in [6, 6.07) is 0. The summed E-state index contributed by atoms with van der Waals surface area (Å²) in [4.78, 5) is 0. The summed E-state index contributed by atoms with van der Waals surface area (Å²) in [5.74, 6) is 0. The molecule has 0 saturated carbocycles. The molecular formula is C6H11IO4. The zero-order chi connectivity index (χ0) is 8.59. The third-order valence-electron chi connectivity index (χ3n) is 1.77. The van der Waals surface area contributed by atoms with Crippen molar-refractivity contribution >= 4 is 22.6 Å². The Balaban J connectivity index is 2.63. The van der Waals surface area contributed by atoms with E-state index in [4.69, 9.17) is 14.9 Å². The van der Waals surface area contributed by atoms with Crippen LogP contribution in [0.5, 0.6) is 0 Å². The van der Waals surface area contributed by atoms with E-state index in [2.05, 4.69) is 0 Å². The first-order chi connectivity index (χ1) is 5.04. The lowest BCUT2D eigenvalue weighted by molar-refractivity contribution is -0.237. The van der Waals surface area contributed by atoms with E-state index >= 15 is 0 Å². The molecule has 66 valence electrons. The molecule has 0 bridgehead atoms. The van der Waals surface area contributed by atoms with Gasteiger partial charge in [-0.15, -0.1) is 0 Å². The van der Waals surface area contributed by atoms with Crippen molar-refractivity contribution in [3.8, 4) is 0 Å². The first kappa shape index (κ1) is 9.66. The zero-order valence-electron chi connectivity index (χ0n) is 6.01. The number of aliphatic hydroxyl groups is 3. The van der Waals surface area contributed by atoms with Crippen LogP contribution in [0.25, 0.3) is 0 Å². The average Bonchev–Trinajstić information content (AvgIpc) is 1.97. The summed E-state index contributed by atoms with van der Waals surface area (Å²) in [6.45, 7) is 1.75. The predicted molar refractivity (Wildman–Crippen MR) is 46.4 cm³/mol. The highest BCUT2D eigenvalue weighted by Gasteiger charge is 2.40. The van der Waals surface area contributed by atoms with Gasteiger partial charge in [0.1, 0.15) is 6.10 Å². The Morgan fingerprint density at radius 1 is 1.18 bits per heavy atom. The van der Waals surface area contributed by atoms with Gasteiger partial charge in [0.15, 0.2) is 6.29 Å². The standard InChI is InChI=1S/C6H11IO4/c1-2-3(7)4(8)5(9)6(10)11-2/h2-6,8-10H,1H3/t2-,3-,4+,5-,6+/m0/s1. The lowest BCUT2D eigenvalue weighted by atomic mass is 10.0. The fourth-order valence-electron chi connectivity index (χ4n) is 1.01. The van der Waals surface area contributed by atoms with Crippen LogP contribution in [0.1, 0.15) is 6.92 Å². The lowest BCUT2D eigenvalue weighted by Gasteiger charge is -2.36. The minimum Gasteiger partial charge on any atom is -0.389 e. The van der Waals surface area contributed by atoms with Gasteiger partial charge in [-0.25, -0.2) is 0 Å². The summed E-state index contributed by atoms with van der Waals surface area (Å²) in [6.07, 6.45) is -3.59. The predicted octanol–water partition coefficient (Wildman–Crippen LogP) is -0.751. The normalized spacial score (nSPS) is 52.6. The number of rotatable bonds is 0. The quantitative estimate of drug-likeness (QED) is 0.401. The number of aliphatic hydroxyl groups excluding tert-OH is 3. The van der Waals surface area contributed by atoms with Crippen LogP contribution >= 0.6 is 22.6 Å². The molecule has 5 heteroatoms. The molecule has 11 heavy (non-hydrogen) atoms. The van der Waals surface area contributed by atoms with Crippen molar-refractivity contribution in [2.45, 2.75) is 35.5 Å². The minimum atomic E-state index is -1.26.